The van der Waals surface area contributed by atoms with Crippen LogP contribution in [0.3, 0.4) is 0 Å². The van der Waals surface area contributed by atoms with Crippen LogP contribution >= 0.6 is 0 Å². The zero-order valence-corrected chi connectivity index (χ0v) is 11.1. The van der Waals surface area contributed by atoms with Gasteiger partial charge in [0.25, 0.3) is 0 Å². The molecule has 1 heterocycles. The second-order valence-corrected chi connectivity index (χ2v) is 4.16. The second-order valence-electron chi connectivity index (χ2n) is 4.16. The van der Waals surface area contributed by atoms with Gasteiger partial charge in [0.05, 0.1) is 6.42 Å². The fourth-order valence-electron chi connectivity index (χ4n) is 2.02. The number of Topliss-reactive ketones (excluding diaryl/α,β-unsaturated/α-hetero) is 1. The number of nitrogens with zero attached hydrogens (tertiary/aromatic N) is 3. The highest BCUT2D eigenvalue weighted by Crippen LogP contribution is 2.18. The maximum absolute atomic E-state index is 12.3. The third kappa shape index (κ3) is 3.06. The Labute approximate surface area is 112 Å². The average Bonchev–Trinajstić information content (AvgIpc) is 2.88. The molecule has 0 aliphatic rings. The summed E-state index contributed by atoms with van der Waals surface area (Å²) in [4.78, 5) is 16.4. The first kappa shape index (κ1) is 13.4. The van der Waals surface area contributed by atoms with Gasteiger partial charge in [-0.3, -0.25) is 4.79 Å². The number of hydrogen-bond acceptors (Lipinski definition) is 4. The van der Waals surface area contributed by atoms with Crippen LogP contribution in [0, 0.1) is 0 Å². The molecule has 0 saturated carbocycles. The van der Waals surface area contributed by atoms with Gasteiger partial charge >= 0.3 is 0 Å². The third-order valence-corrected chi connectivity index (χ3v) is 2.96. The maximum Gasteiger partial charge on any atom is 0.173 e. The van der Waals surface area contributed by atoms with E-state index in [4.69, 9.17) is 4.74 Å². The molecular weight excluding hydrogens is 242 g/mol. The first-order valence-corrected chi connectivity index (χ1v) is 6.23. The highest BCUT2D eigenvalue weighted by Gasteiger charge is 2.21. The molecule has 1 aromatic carbocycles. The van der Waals surface area contributed by atoms with Crippen LogP contribution in [0.4, 0.5) is 0 Å². The summed E-state index contributed by atoms with van der Waals surface area (Å²) in [6.45, 7) is 2.67. The van der Waals surface area contributed by atoms with E-state index in [1.807, 2.05) is 37.3 Å². The predicted octanol–water partition coefficient (Wildman–Crippen LogP) is 1.80. The zero-order valence-electron chi connectivity index (χ0n) is 11.1. The number of ether oxygens (including phenoxy) is 1. The molecule has 0 amide bonds. The van der Waals surface area contributed by atoms with Crippen LogP contribution in [0.5, 0.6) is 0 Å². The van der Waals surface area contributed by atoms with Crippen LogP contribution in [0.25, 0.3) is 0 Å². The van der Waals surface area contributed by atoms with E-state index in [0.717, 1.165) is 5.56 Å². The Morgan fingerprint density at radius 2 is 2.11 bits per heavy atom. The number of rotatable bonds is 6. The van der Waals surface area contributed by atoms with Crippen molar-refractivity contribution in [3.8, 4) is 0 Å². The molecule has 0 saturated heterocycles. The normalized spacial score (nSPS) is 12.3. The van der Waals surface area contributed by atoms with E-state index < -0.39 is 6.10 Å². The first-order chi connectivity index (χ1) is 9.26. The lowest BCUT2D eigenvalue weighted by Gasteiger charge is -2.14. The molecule has 1 atom stereocenters. The van der Waals surface area contributed by atoms with Gasteiger partial charge in [-0.15, -0.1) is 0 Å². The minimum absolute atomic E-state index is 0.0172. The number of benzene rings is 1. The standard InChI is InChI=1S/C14H17N3O2/c1-3-17-13(15-10-16-17)9-12(18)14(19-2)11-7-5-4-6-8-11/h4-8,10,14H,3,9H2,1-2H3. The quantitative estimate of drug-likeness (QED) is 0.793. The fraction of sp³-hybridized carbons (Fsp3) is 0.357. The molecule has 0 bridgehead atoms. The summed E-state index contributed by atoms with van der Waals surface area (Å²) in [6.07, 6.45) is 1.14. The Hall–Kier alpha value is -2.01. The second kappa shape index (κ2) is 6.24. The number of carbonyl (C=O) groups is 1. The van der Waals surface area contributed by atoms with Crippen molar-refractivity contribution in [3.63, 3.8) is 0 Å². The van der Waals surface area contributed by atoms with Crippen molar-refractivity contribution in [2.75, 3.05) is 7.11 Å². The van der Waals surface area contributed by atoms with E-state index in [1.165, 1.54) is 6.33 Å². The topological polar surface area (TPSA) is 57.0 Å². The molecule has 2 rings (SSSR count). The molecule has 0 fully saturated rings. The maximum atomic E-state index is 12.3. The van der Waals surface area contributed by atoms with E-state index in [1.54, 1.807) is 11.8 Å². The van der Waals surface area contributed by atoms with E-state index in [2.05, 4.69) is 10.1 Å². The first-order valence-electron chi connectivity index (χ1n) is 6.23. The highest BCUT2D eigenvalue weighted by molar-refractivity contribution is 5.85. The van der Waals surface area contributed by atoms with Gasteiger partial charge in [-0.05, 0) is 12.5 Å². The monoisotopic (exact) mass is 259 g/mol. The lowest BCUT2D eigenvalue weighted by Crippen LogP contribution is -2.19. The molecule has 0 radical (unpaired) electrons. The Bertz CT molecular complexity index is 537. The molecule has 1 unspecified atom stereocenters. The van der Waals surface area contributed by atoms with Crippen LogP contribution in [0.2, 0.25) is 0 Å². The molecule has 19 heavy (non-hydrogen) atoms. The van der Waals surface area contributed by atoms with Gasteiger partial charge in [-0.1, -0.05) is 30.3 Å². The number of carbonyl (C=O) groups excluding carboxylic acids is 1. The Balaban J connectivity index is 2.14. The molecule has 5 nitrogen and oxygen atoms in total. The van der Waals surface area contributed by atoms with Gasteiger partial charge in [0.2, 0.25) is 0 Å². The number of aromatic nitrogens is 3. The number of methoxy groups -OCH3 is 1. The molecule has 0 aliphatic carbocycles. The summed E-state index contributed by atoms with van der Waals surface area (Å²) in [6, 6.07) is 9.47. The van der Waals surface area contributed by atoms with Crippen molar-refractivity contribution in [1.82, 2.24) is 14.8 Å². The van der Waals surface area contributed by atoms with Gasteiger partial charge in [-0.25, -0.2) is 9.67 Å². The Morgan fingerprint density at radius 3 is 2.74 bits per heavy atom. The third-order valence-electron chi connectivity index (χ3n) is 2.96. The van der Waals surface area contributed by atoms with Crippen molar-refractivity contribution >= 4 is 5.78 Å². The van der Waals surface area contributed by atoms with Crippen LogP contribution < -0.4 is 0 Å². The fourth-order valence-corrected chi connectivity index (χ4v) is 2.02. The van der Waals surface area contributed by atoms with Crippen LogP contribution in [-0.4, -0.2) is 27.7 Å². The van der Waals surface area contributed by atoms with Gasteiger partial charge in [0.15, 0.2) is 5.78 Å². The summed E-state index contributed by atoms with van der Waals surface area (Å²) < 4.78 is 7.03. The van der Waals surface area contributed by atoms with Crippen LogP contribution in [0.1, 0.15) is 24.4 Å². The Morgan fingerprint density at radius 1 is 1.37 bits per heavy atom. The average molecular weight is 259 g/mol. The minimum atomic E-state index is -0.553. The molecule has 5 heteroatoms. The molecule has 0 N–H and O–H groups in total. The number of aryl methyl sites for hydroxylation is 1. The molecule has 0 spiro atoms. The van der Waals surface area contributed by atoms with Crippen molar-refractivity contribution in [1.29, 1.82) is 0 Å². The summed E-state index contributed by atoms with van der Waals surface area (Å²) in [5, 5.41) is 4.06. The van der Waals surface area contributed by atoms with Gasteiger partial charge in [-0.2, -0.15) is 5.10 Å². The molecule has 1 aromatic heterocycles. The zero-order chi connectivity index (χ0) is 13.7. The van der Waals surface area contributed by atoms with Gasteiger partial charge < -0.3 is 4.74 Å². The molecule has 0 aliphatic heterocycles. The smallest absolute Gasteiger partial charge is 0.173 e. The van der Waals surface area contributed by atoms with E-state index in [-0.39, 0.29) is 12.2 Å². The van der Waals surface area contributed by atoms with Gasteiger partial charge in [0.1, 0.15) is 18.3 Å². The summed E-state index contributed by atoms with van der Waals surface area (Å²) in [5.74, 6) is 0.655. The van der Waals surface area contributed by atoms with Crippen LogP contribution in [0.15, 0.2) is 36.7 Å². The summed E-state index contributed by atoms with van der Waals surface area (Å²) in [5.41, 5.74) is 0.859. The highest BCUT2D eigenvalue weighted by atomic mass is 16.5. The van der Waals surface area contributed by atoms with Gasteiger partial charge in [0, 0.05) is 13.7 Å². The van der Waals surface area contributed by atoms with E-state index >= 15 is 0 Å². The number of hydrogen-bond donors (Lipinski definition) is 0. The van der Waals surface area contributed by atoms with Crippen molar-refractivity contribution in [2.45, 2.75) is 26.0 Å². The summed E-state index contributed by atoms with van der Waals surface area (Å²) >= 11 is 0. The van der Waals surface area contributed by atoms with Crippen LogP contribution in [-0.2, 0) is 22.5 Å². The lowest BCUT2D eigenvalue weighted by atomic mass is 10.0. The lowest BCUT2D eigenvalue weighted by molar-refractivity contribution is -0.128. The van der Waals surface area contributed by atoms with Crippen molar-refractivity contribution < 1.29 is 9.53 Å². The largest absolute Gasteiger partial charge is 0.369 e. The SMILES string of the molecule is CCn1ncnc1CC(=O)C(OC)c1ccccc1. The molecule has 2 aromatic rings. The van der Waals surface area contributed by atoms with Crippen molar-refractivity contribution in [3.05, 3.63) is 48.0 Å². The van der Waals surface area contributed by atoms with E-state index in [0.29, 0.717) is 12.4 Å². The molecular formula is C14H17N3O2. The predicted molar refractivity (Wildman–Crippen MR) is 70.6 cm³/mol. The molecule has 100 valence electrons. The summed E-state index contributed by atoms with van der Waals surface area (Å²) in [7, 11) is 1.54. The minimum Gasteiger partial charge on any atom is -0.369 e. The number of ketones is 1. The van der Waals surface area contributed by atoms with E-state index in [9.17, 15) is 4.79 Å². The van der Waals surface area contributed by atoms with Crippen molar-refractivity contribution in [2.24, 2.45) is 0 Å². The Kier molecular flexibility index (Phi) is 4.41.